The molecular weight excluding hydrogens is 376 g/mol. The van der Waals surface area contributed by atoms with Gasteiger partial charge in [-0.05, 0) is 62.6 Å². The van der Waals surface area contributed by atoms with Gasteiger partial charge in [-0.1, -0.05) is 18.2 Å². The summed E-state index contributed by atoms with van der Waals surface area (Å²) in [6.07, 6.45) is 6.05. The number of hydrogen-bond donors (Lipinski definition) is 3. The van der Waals surface area contributed by atoms with E-state index in [1.807, 2.05) is 19.1 Å². The second-order valence-corrected chi connectivity index (χ2v) is 9.60. The van der Waals surface area contributed by atoms with Crippen molar-refractivity contribution in [2.75, 3.05) is 17.6 Å². The van der Waals surface area contributed by atoms with Gasteiger partial charge in [0.1, 0.15) is 6.04 Å². The smallest absolute Gasteiger partial charge is 0.252 e. The first-order valence-corrected chi connectivity index (χ1v) is 11.6. The Balaban J connectivity index is 1.45. The number of fused-ring (bicyclic) bond motifs is 1. The van der Waals surface area contributed by atoms with Crippen LogP contribution in [0.2, 0.25) is 0 Å². The van der Waals surface area contributed by atoms with Crippen LogP contribution in [0.15, 0.2) is 22.6 Å². The molecule has 1 fully saturated rings. The molecule has 28 heavy (non-hydrogen) atoms. The van der Waals surface area contributed by atoms with Crippen LogP contribution < -0.4 is 16.4 Å². The van der Waals surface area contributed by atoms with Crippen LogP contribution in [0.4, 0.5) is 5.69 Å². The van der Waals surface area contributed by atoms with Gasteiger partial charge in [0.25, 0.3) is 10.0 Å². The average molecular weight is 407 g/mol. The van der Waals surface area contributed by atoms with Crippen LogP contribution in [0, 0.1) is 12.8 Å². The molecule has 0 bridgehead atoms. The van der Waals surface area contributed by atoms with Crippen LogP contribution in [0.25, 0.3) is 0 Å². The first-order chi connectivity index (χ1) is 13.4. The lowest BCUT2D eigenvalue weighted by Gasteiger charge is -2.28. The molecule has 0 spiro atoms. The molecule has 0 aromatic heterocycles. The van der Waals surface area contributed by atoms with Crippen molar-refractivity contribution in [2.45, 2.75) is 57.5 Å². The predicted molar refractivity (Wildman–Crippen MR) is 112 cm³/mol. The Hall–Kier alpha value is -1.93. The minimum atomic E-state index is -3.41. The quantitative estimate of drug-likeness (QED) is 0.597. The van der Waals surface area contributed by atoms with E-state index in [1.165, 1.54) is 5.56 Å². The first kappa shape index (κ1) is 20.8. The third-order valence-electron chi connectivity index (χ3n) is 5.58. The number of nitrogens with one attached hydrogen (secondary N) is 2. The van der Waals surface area contributed by atoms with E-state index >= 15 is 0 Å². The monoisotopic (exact) mass is 406 g/mol. The van der Waals surface area contributed by atoms with Crippen LogP contribution in [0.3, 0.4) is 0 Å². The van der Waals surface area contributed by atoms with E-state index in [2.05, 4.69) is 21.1 Å². The van der Waals surface area contributed by atoms with Gasteiger partial charge in [0, 0.05) is 24.4 Å². The molecule has 1 aliphatic heterocycles. The van der Waals surface area contributed by atoms with Crippen molar-refractivity contribution in [1.82, 2.24) is 5.32 Å². The summed E-state index contributed by atoms with van der Waals surface area (Å²) in [5.41, 5.74) is 8.79. The number of hydrogen-bond acceptors (Lipinski definition) is 5. The number of nitrogens with zero attached hydrogens (tertiary/aromatic N) is 1. The normalized spacial score (nSPS) is 24.7. The standard InChI is InChI=1S/C20H30N4O3S/c1-14-4-2-5-16-12-18(24-19(14)16)20(25)23-17-8-6-15(7-9-17)13-22-28(26,27)11-3-10-21/h2,4-5,13,15,17-18,24H,3,6-12,21H2,1H3,(H,23,25)/b22-13+. The largest absolute Gasteiger partial charge is 0.373 e. The summed E-state index contributed by atoms with van der Waals surface area (Å²) in [7, 11) is -3.41. The van der Waals surface area contributed by atoms with Gasteiger partial charge in [-0.2, -0.15) is 4.40 Å². The molecule has 154 valence electrons. The molecule has 1 saturated carbocycles. The van der Waals surface area contributed by atoms with E-state index in [1.54, 1.807) is 6.21 Å². The lowest BCUT2D eigenvalue weighted by Crippen LogP contribution is -2.45. The Labute approximate surface area is 167 Å². The van der Waals surface area contributed by atoms with E-state index in [9.17, 15) is 13.2 Å². The SMILES string of the molecule is Cc1cccc2c1NC(C(=O)NC1CCC(/C=N/S(=O)(=O)CCCN)CC1)C2. The molecular formula is C20H30N4O3S. The molecule has 1 atom stereocenters. The summed E-state index contributed by atoms with van der Waals surface area (Å²) in [6, 6.07) is 6.05. The maximum Gasteiger partial charge on any atom is 0.252 e. The molecule has 1 aliphatic carbocycles. The first-order valence-electron chi connectivity index (χ1n) is 10.0. The van der Waals surface area contributed by atoms with Crippen molar-refractivity contribution in [3.63, 3.8) is 0 Å². The molecule has 1 aromatic carbocycles. The highest BCUT2D eigenvalue weighted by Crippen LogP contribution is 2.29. The van der Waals surface area contributed by atoms with Crippen molar-refractivity contribution in [1.29, 1.82) is 0 Å². The molecule has 2 aliphatic rings. The van der Waals surface area contributed by atoms with Gasteiger partial charge in [-0.3, -0.25) is 4.79 Å². The zero-order chi connectivity index (χ0) is 20.1. The van der Waals surface area contributed by atoms with Crippen LogP contribution >= 0.6 is 0 Å². The molecule has 1 heterocycles. The zero-order valence-corrected chi connectivity index (χ0v) is 17.2. The van der Waals surface area contributed by atoms with Gasteiger partial charge in [0.05, 0.1) is 5.75 Å². The second-order valence-electron chi connectivity index (χ2n) is 7.81. The van der Waals surface area contributed by atoms with Crippen molar-refractivity contribution in [3.8, 4) is 0 Å². The van der Waals surface area contributed by atoms with Crippen molar-refractivity contribution < 1.29 is 13.2 Å². The molecule has 1 unspecified atom stereocenters. The zero-order valence-electron chi connectivity index (χ0n) is 16.4. The number of sulfonamides is 1. The lowest BCUT2D eigenvalue weighted by atomic mass is 9.86. The average Bonchev–Trinajstić information content (AvgIpc) is 3.12. The Morgan fingerprint density at radius 2 is 2.07 bits per heavy atom. The summed E-state index contributed by atoms with van der Waals surface area (Å²) in [6.45, 7) is 2.39. The number of para-hydroxylation sites is 1. The number of rotatable bonds is 7. The number of anilines is 1. The number of carbonyl (C=O) groups is 1. The molecule has 3 rings (SSSR count). The molecule has 0 radical (unpaired) electrons. The summed E-state index contributed by atoms with van der Waals surface area (Å²) >= 11 is 0. The fourth-order valence-electron chi connectivity index (χ4n) is 3.92. The summed E-state index contributed by atoms with van der Waals surface area (Å²) < 4.78 is 27.4. The second kappa shape index (κ2) is 9.05. The summed E-state index contributed by atoms with van der Waals surface area (Å²) in [5.74, 6) is 0.191. The number of benzene rings is 1. The van der Waals surface area contributed by atoms with Crippen molar-refractivity contribution >= 4 is 27.8 Å². The highest BCUT2D eigenvalue weighted by atomic mass is 32.2. The molecule has 1 aromatic rings. The highest BCUT2D eigenvalue weighted by Gasteiger charge is 2.30. The van der Waals surface area contributed by atoms with Crippen LogP contribution in [0.5, 0.6) is 0 Å². The van der Waals surface area contributed by atoms with E-state index < -0.39 is 10.0 Å². The number of amides is 1. The highest BCUT2D eigenvalue weighted by molar-refractivity contribution is 7.90. The maximum absolute atomic E-state index is 12.6. The van der Waals surface area contributed by atoms with Gasteiger partial charge < -0.3 is 16.4 Å². The van der Waals surface area contributed by atoms with Gasteiger partial charge in [0.15, 0.2) is 0 Å². The minimum absolute atomic E-state index is 0.00164. The molecule has 0 saturated heterocycles. The van der Waals surface area contributed by atoms with Crippen molar-refractivity contribution in [3.05, 3.63) is 29.3 Å². The van der Waals surface area contributed by atoms with Gasteiger partial charge in [-0.25, -0.2) is 8.42 Å². The van der Waals surface area contributed by atoms with Gasteiger partial charge in [-0.15, -0.1) is 0 Å². The van der Waals surface area contributed by atoms with Crippen molar-refractivity contribution in [2.24, 2.45) is 16.0 Å². The van der Waals surface area contributed by atoms with Gasteiger partial charge in [0.2, 0.25) is 5.91 Å². The van der Waals surface area contributed by atoms with Crippen LogP contribution in [-0.2, 0) is 21.2 Å². The Bertz CT molecular complexity index is 830. The van der Waals surface area contributed by atoms with Crippen LogP contribution in [0.1, 0.15) is 43.2 Å². The lowest BCUT2D eigenvalue weighted by molar-refractivity contribution is -0.122. The topological polar surface area (TPSA) is 114 Å². The van der Waals surface area contributed by atoms with E-state index in [0.717, 1.165) is 36.9 Å². The molecule has 1 amide bonds. The molecule has 4 N–H and O–H groups in total. The van der Waals surface area contributed by atoms with E-state index in [-0.39, 0.29) is 29.7 Å². The predicted octanol–water partition coefficient (Wildman–Crippen LogP) is 1.76. The Morgan fingerprint density at radius 1 is 1.32 bits per heavy atom. The Kier molecular flexibility index (Phi) is 6.72. The number of aryl methyl sites for hydroxylation is 1. The third kappa shape index (κ3) is 5.32. The molecule has 7 nitrogen and oxygen atoms in total. The Morgan fingerprint density at radius 3 is 2.75 bits per heavy atom. The minimum Gasteiger partial charge on any atom is -0.373 e. The van der Waals surface area contributed by atoms with Gasteiger partial charge >= 0.3 is 0 Å². The number of nitrogens with two attached hydrogens (primary N) is 1. The fourth-order valence-corrected chi connectivity index (χ4v) is 4.91. The van der Waals surface area contributed by atoms with E-state index in [4.69, 9.17) is 5.73 Å². The fraction of sp³-hybridized carbons (Fsp3) is 0.600. The third-order valence-corrected chi connectivity index (χ3v) is 6.82. The molecule has 8 heteroatoms. The maximum atomic E-state index is 12.6. The summed E-state index contributed by atoms with van der Waals surface area (Å²) in [5, 5.41) is 6.50. The summed E-state index contributed by atoms with van der Waals surface area (Å²) in [4.78, 5) is 12.6. The number of carbonyl (C=O) groups excluding carboxylic acids is 1. The van der Waals surface area contributed by atoms with E-state index in [0.29, 0.717) is 19.4 Å². The van der Waals surface area contributed by atoms with Crippen LogP contribution in [-0.4, -0.2) is 44.9 Å².